The van der Waals surface area contributed by atoms with Gasteiger partial charge in [0.15, 0.2) is 5.75 Å². The second-order valence-electron chi connectivity index (χ2n) is 7.00. The van der Waals surface area contributed by atoms with E-state index in [1.165, 1.54) is 19.4 Å². The molecule has 0 bridgehead atoms. The van der Waals surface area contributed by atoms with Gasteiger partial charge in [-0.3, -0.25) is 9.59 Å². The van der Waals surface area contributed by atoms with E-state index in [1.54, 1.807) is 12.4 Å². The molecule has 2 aromatic heterocycles. The molecule has 2 heterocycles. The number of carbonyl (C=O) groups is 2. The molecule has 1 aliphatic carbocycles. The molecule has 0 aliphatic heterocycles. The number of aryl methyl sites for hydroxylation is 1. The molecular formula is C21H24N6O3. The Morgan fingerprint density at radius 2 is 2.13 bits per heavy atom. The van der Waals surface area contributed by atoms with Crippen molar-refractivity contribution in [1.29, 1.82) is 0 Å². The van der Waals surface area contributed by atoms with Gasteiger partial charge < -0.3 is 25.3 Å². The van der Waals surface area contributed by atoms with Gasteiger partial charge in [-0.2, -0.15) is 0 Å². The van der Waals surface area contributed by atoms with Crippen LogP contribution in [0.1, 0.15) is 34.2 Å². The van der Waals surface area contributed by atoms with Crippen LogP contribution >= 0.6 is 0 Å². The summed E-state index contributed by atoms with van der Waals surface area (Å²) in [5.74, 6) is -0.242. The van der Waals surface area contributed by atoms with Crippen molar-refractivity contribution in [2.75, 3.05) is 24.7 Å². The molecule has 1 aromatic carbocycles. The van der Waals surface area contributed by atoms with Gasteiger partial charge in [-0.25, -0.2) is 9.97 Å². The molecule has 4 rings (SSSR count). The van der Waals surface area contributed by atoms with Crippen LogP contribution in [0.3, 0.4) is 0 Å². The normalized spacial score (nSPS) is 15.1. The number of nitrogens with one attached hydrogen (secondary N) is 3. The first-order valence-corrected chi connectivity index (χ1v) is 9.62. The Labute approximate surface area is 178 Å². The minimum atomic E-state index is -2.67. The summed E-state index contributed by atoms with van der Waals surface area (Å²) in [5.41, 5.74) is 2.31. The predicted octanol–water partition coefficient (Wildman–Crippen LogP) is 2.91. The van der Waals surface area contributed by atoms with Gasteiger partial charge in [-0.1, -0.05) is 0 Å². The third-order valence-corrected chi connectivity index (χ3v) is 5.01. The van der Waals surface area contributed by atoms with Gasteiger partial charge in [0.1, 0.15) is 11.3 Å². The smallest absolute Gasteiger partial charge is 0.254 e. The molecule has 0 unspecified atom stereocenters. The summed E-state index contributed by atoms with van der Waals surface area (Å²) in [5, 5.41) is 7.86. The summed E-state index contributed by atoms with van der Waals surface area (Å²) in [7, 11) is 1.53. The Kier molecular flexibility index (Phi) is 4.33. The molecule has 0 atom stereocenters. The SMILES string of the molecule is [2H]C([2H])([2H])NC(=O)c1cnc(NC(=O)C2CC2)cc1Nc1ccc2ncn(CC)c2c1OC. The molecule has 3 aromatic rings. The van der Waals surface area contributed by atoms with Crippen molar-refractivity contribution in [3.8, 4) is 5.75 Å². The van der Waals surface area contributed by atoms with E-state index >= 15 is 0 Å². The monoisotopic (exact) mass is 411 g/mol. The van der Waals surface area contributed by atoms with Gasteiger partial charge in [0.05, 0.1) is 35.9 Å². The fourth-order valence-corrected chi connectivity index (χ4v) is 3.27. The Bertz CT molecular complexity index is 1220. The van der Waals surface area contributed by atoms with E-state index < -0.39 is 12.9 Å². The highest BCUT2D eigenvalue weighted by molar-refractivity contribution is 6.02. The van der Waals surface area contributed by atoms with Crippen molar-refractivity contribution in [3.05, 3.63) is 36.3 Å². The number of hydrogen-bond acceptors (Lipinski definition) is 6. The molecule has 3 N–H and O–H groups in total. The second kappa shape index (κ2) is 8.02. The lowest BCUT2D eigenvalue weighted by Gasteiger charge is -2.16. The van der Waals surface area contributed by atoms with E-state index in [0.29, 0.717) is 18.0 Å². The minimum Gasteiger partial charge on any atom is -0.492 e. The van der Waals surface area contributed by atoms with Crippen molar-refractivity contribution in [3.63, 3.8) is 0 Å². The number of carbonyl (C=O) groups excluding carboxylic acids is 2. The summed E-state index contributed by atoms with van der Waals surface area (Å²) in [4.78, 5) is 33.4. The Morgan fingerprint density at radius 1 is 1.30 bits per heavy atom. The van der Waals surface area contributed by atoms with Crippen LogP contribution in [0.15, 0.2) is 30.7 Å². The van der Waals surface area contributed by atoms with E-state index in [-0.39, 0.29) is 28.9 Å². The first kappa shape index (κ1) is 16.2. The summed E-state index contributed by atoms with van der Waals surface area (Å²) >= 11 is 0. The predicted molar refractivity (Wildman–Crippen MR) is 114 cm³/mol. The molecule has 30 heavy (non-hydrogen) atoms. The summed E-state index contributed by atoms with van der Waals surface area (Å²) in [6.07, 6.45) is 4.61. The van der Waals surface area contributed by atoms with Crippen LogP contribution in [0.25, 0.3) is 11.0 Å². The van der Waals surface area contributed by atoms with Gasteiger partial charge in [0, 0.05) is 35.8 Å². The zero-order chi connectivity index (χ0) is 23.8. The number of ether oxygens (including phenoxy) is 1. The average molecular weight is 411 g/mol. The molecule has 0 radical (unpaired) electrons. The number of methoxy groups -OCH3 is 1. The number of imidazole rings is 1. The van der Waals surface area contributed by atoms with Crippen LogP contribution in [-0.4, -0.2) is 40.4 Å². The molecule has 156 valence electrons. The Hall–Kier alpha value is -3.62. The first-order chi connectivity index (χ1) is 15.7. The van der Waals surface area contributed by atoms with Crippen molar-refractivity contribution >= 4 is 40.0 Å². The van der Waals surface area contributed by atoms with Crippen LogP contribution in [-0.2, 0) is 11.3 Å². The van der Waals surface area contributed by atoms with Crippen molar-refractivity contribution in [2.24, 2.45) is 5.92 Å². The lowest BCUT2D eigenvalue weighted by molar-refractivity contribution is -0.117. The highest BCUT2D eigenvalue weighted by Crippen LogP contribution is 2.36. The van der Waals surface area contributed by atoms with Gasteiger partial charge >= 0.3 is 0 Å². The van der Waals surface area contributed by atoms with Crippen LogP contribution in [0.5, 0.6) is 5.75 Å². The van der Waals surface area contributed by atoms with Gasteiger partial charge in [-0.05, 0) is 31.9 Å². The fourth-order valence-electron chi connectivity index (χ4n) is 3.27. The second-order valence-corrected chi connectivity index (χ2v) is 7.00. The molecule has 1 saturated carbocycles. The largest absolute Gasteiger partial charge is 0.492 e. The van der Waals surface area contributed by atoms with Gasteiger partial charge in [0.2, 0.25) is 5.91 Å². The van der Waals surface area contributed by atoms with Gasteiger partial charge in [-0.15, -0.1) is 0 Å². The maximum atomic E-state index is 12.7. The van der Waals surface area contributed by atoms with E-state index in [0.717, 1.165) is 23.9 Å². The minimum absolute atomic E-state index is 0.00157. The third-order valence-electron chi connectivity index (χ3n) is 5.01. The number of pyridine rings is 1. The number of rotatable bonds is 7. The molecule has 1 aliphatic rings. The number of fused-ring (bicyclic) bond motifs is 1. The number of anilines is 3. The number of amides is 2. The van der Waals surface area contributed by atoms with Crippen molar-refractivity contribution < 1.29 is 18.4 Å². The molecular weight excluding hydrogens is 384 g/mol. The number of aromatic nitrogens is 3. The summed E-state index contributed by atoms with van der Waals surface area (Å²) < 4.78 is 29.6. The Morgan fingerprint density at radius 3 is 2.83 bits per heavy atom. The standard InChI is InChI=1S/C21H24N6O3/c1-4-27-11-24-14-7-8-15(19(30-3)18(14)27)25-16-9-17(26-20(28)12-5-6-12)23-10-13(16)21(29)22-2/h7-12H,4-6H2,1-3H3,(H,22,29)(H2,23,25,26,28)/i2D3. The zero-order valence-corrected chi connectivity index (χ0v) is 16.7. The first-order valence-electron chi connectivity index (χ1n) is 11.1. The highest BCUT2D eigenvalue weighted by atomic mass is 16.5. The average Bonchev–Trinajstić information content (AvgIpc) is 3.52. The fraction of sp³-hybridized carbons (Fsp3) is 0.333. The maximum absolute atomic E-state index is 12.7. The maximum Gasteiger partial charge on any atom is 0.254 e. The molecule has 0 spiro atoms. The lowest BCUT2D eigenvalue weighted by Crippen LogP contribution is -2.20. The quantitative estimate of drug-likeness (QED) is 0.551. The number of hydrogen-bond donors (Lipinski definition) is 3. The summed E-state index contributed by atoms with van der Waals surface area (Å²) in [6, 6.07) is 5.06. The van der Waals surface area contributed by atoms with Crippen molar-refractivity contribution in [1.82, 2.24) is 19.9 Å². The topological polar surface area (TPSA) is 110 Å². The molecule has 9 heteroatoms. The third kappa shape index (κ3) is 3.66. The van der Waals surface area contributed by atoms with E-state index in [2.05, 4.69) is 20.6 Å². The van der Waals surface area contributed by atoms with Crippen LogP contribution < -0.4 is 20.7 Å². The van der Waals surface area contributed by atoms with Crippen LogP contribution in [0.2, 0.25) is 0 Å². The van der Waals surface area contributed by atoms with Gasteiger partial charge in [0.25, 0.3) is 5.91 Å². The number of nitrogens with zero attached hydrogens (tertiary/aromatic N) is 3. The number of benzene rings is 1. The molecule has 2 amide bonds. The molecule has 9 nitrogen and oxygen atoms in total. The van der Waals surface area contributed by atoms with E-state index in [9.17, 15) is 9.59 Å². The summed E-state index contributed by atoms with van der Waals surface area (Å²) in [6.45, 7) is -0.0117. The van der Waals surface area contributed by atoms with E-state index in [1.807, 2.05) is 22.9 Å². The Balaban J connectivity index is 1.75. The lowest BCUT2D eigenvalue weighted by atomic mass is 10.1. The highest BCUT2D eigenvalue weighted by Gasteiger charge is 2.30. The van der Waals surface area contributed by atoms with E-state index in [4.69, 9.17) is 8.85 Å². The van der Waals surface area contributed by atoms with Crippen LogP contribution in [0.4, 0.5) is 17.2 Å². The molecule has 0 saturated heterocycles. The van der Waals surface area contributed by atoms with Crippen molar-refractivity contribution in [2.45, 2.75) is 26.3 Å². The zero-order valence-electron chi connectivity index (χ0n) is 19.7. The molecule has 1 fully saturated rings. The van der Waals surface area contributed by atoms with Crippen LogP contribution in [0, 0.1) is 5.92 Å².